The van der Waals surface area contributed by atoms with Gasteiger partial charge in [0.2, 0.25) is 0 Å². The van der Waals surface area contributed by atoms with Crippen LogP contribution in [0.3, 0.4) is 0 Å². The number of thioether (sulfide) groups is 1. The molecule has 0 spiro atoms. The second-order valence-corrected chi connectivity index (χ2v) is 6.93. The Morgan fingerprint density at radius 2 is 2.00 bits per heavy atom. The molecule has 0 bridgehead atoms. The first-order valence-corrected chi connectivity index (χ1v) is 6.95. The van der Waals surface area contributed by atoms with Crippen molar-refractivity contribution in [3.63, 3.8) is 0 Å². The third kappa shape index (κ3) is 5.49. The van der Waals surface area contributed by atoms with Crippen LogP contribution in [0.4, 0.5) is 0 Å². The first-order chi connectivity index (χ1) is 7.08. The molecule has 5 heteroatoms. The van der Waals surface area contributed by atoms with Crippen LogP contribution in [0.1, 0.15) is 25.8 Å². The van der Waals surface area contributed by atoms with Crippen LogP contribution in [0.2, 0.25) is 0 Å². The number of nitrogens with one attached hydrogen (secondary N) is 1. The Bertz CT molecular complexity index is 286. The van der Waals surface area contributed by atoms with Crippen molar-refractivity contribution in [2.45, 2.75) is 37.3 Å². The minimum atomic E-state index is 0.552. The molecule has 3 nitrogen and oxygen atoms in total. The van der Waals surface area contributed by atoms with Gasteiger partial charge in [-0.25, -0.2) is 0 Å². The Kier molecular flexibility index (Phi) is 5.56. The molecule has 1 aromatic rings. The van der Waals surface area contributed by atoms with Crippen molar-refractivity contribution in [3.8, 4) is 0 Å². The topological polar surface area (TPSA) is 37.8 Å². The quantitative estimate of drug-likeness (QED) is 0.782. The second kappa shape index (κ2) is 6.45. The van der Waals surface area contributed by atoms with Crippen molar-refractivity contribution >= 4 is 23.1 Å². The van der Waals surface area contributed by atoms with Gasteiger partial charge in [0.15, 0.2) is 4.34 Å². The van der Waals surface area contributed by atoms with Gasteiger partial charge in [-0.15, -0.1) is 10.2 Å². The molecule has 0 saturated carbocycles. The largest absolute Gasteiger partial charge is 0.315 e. The minimum Gasteiger partial charge on any atom is -0.315 e. The van der Waals surface area contributed by atoms with Crippen molar-refractivity contribution in [1.29, 1.82) is 0 Å². The average Bonchev–Trinajstić information content (AvgIpc) is 2.50. The first kappa shape index (κ1) is 12.9. The molecule has 0 fully saturated rings. The maximum Gasteiger partial charge on any atom is 0.174 e. The minimum absolute atomic E-state index is 0.552. The lowest BCUT2D eigenvalue weighted by Crippen LogP contribution is -2.26. The molecule has 0 aromatic carbocycles. The Labute approximate surface area is 100 Å². The maximum absolute atomic E-state index is 4.10. The third-order valence-corrected chi connectivity index (χ3v) is 3.82. The summed E-state index contributed by atoms with van der Waals surface area (Å²) in [4.78, 5) is 0. The van der Waals surface area contributed by atoms with E-state index in [0.29, 0.717) is 11.2 Å². The van der Waals surface area contributed by atoms with E-state index in [2.05, 4.69) is 36.3 Å². The van der Waals surface area contributed by atoms with Crippen LogP contribution in [0.5, 0.6) is 0 Å². The highest BCUT2D eigenvalue weighted by atomic mass is 32.2. The number of aromatic nitrogens is 2. The molecule has 0 aliphatic carbocycles. The van der Waals surface area contributed by atoms with E-state index in [1.54, 1.807) is 23.1 Å². The number of hydrogen-bond acceptors (Lipinski definition) is 5. The van der Waals surface area contributed by atoms with Gasteiger partial charge < -0.3 is 5.32 Å². The fourth-order valence-electron chi connectivity index (χ4n) is 1.12. The van der Waals surface area contributed by atoms with Crippen molar-refractivity contribution in [2.24, 2.45) is 5.92 Å². The summed E-state index contributed by atoms with van der Waals surface area (Å²) in [5, 5.41) is 13.1. The van der Waals surface area contributed by atoms with E-state index in [4.69, 9.17) is 0 Å². The summed E-state index contributed by atoms with van der Waals surface area (Å²) in [6.07, 6.45) is 0. The molecule has 1 unspecified atom stereocenters. The van der Waals surface area contributed by atoms with Gasteiger partial charge in [-0.3, -0.25) is 0 Å². The van der Waals surface area contributed by atoms with Crippen LogP contribution < -0.4 is 5.32 Å². The monoisotopic (exact) mass is 245 g/mol. The summed E-state index contributed by atoms with van der Waals surface area (Å²) >= 11 is 3.47. The molecule has 0 saturated heterocycles. The summed E-state index contributed by atoms with van der Waals surface area (Å²) in [6.45, 7) is 10.8. The first-order valence-electron chi connectivity index (χ1n) is 5.25. The van der Waals surface area contributed by atoms with Gasteiger partial charge in [-0.1, -0.05) is 43.9 Å². The number of aryl methyl sites for hydroxylation is 1. The van der Waals surface area contributed by atoms with Crippen LogP contribution in [-0.2, 0) is 0 Å². The second-order valence-electron chi connectivity index (χ2n) is 4.07. The summed E-state index contributed by atoms with van der Waals surface area (Å²) < 4.78 is 1.08. The molecule has 1 atom stereocenters. The number of hydrogen-bond donors (Lipinski definition) is 1. The fourth-order valence-corrected chi connectivity index (χ4v) is 3.21. The average molecular weight is 245 g/mol. The van der Waals surface area contributed by atoms with E-state index in [1.807, 2.05) is 6.92 Å². The molecule has 86 valence electrons. The summed E-state index contributed by atoms with van der Waals surface area (Å²) in [7, 11) is 0. The molecule has 0 radical (unpaired) electrons. The van der Waals surface area contributed by atoms with Crippen molar-refractivity contribution < 1.29 is 0 Å². The molecule has 0 amide bonds. The number of rotatable bonds is 6. The SMILES string of the molecule is Cc1nnc(SC(C)CNCC(C)C)s1. The van der Waals surface area contributed by atoms with E-state index in [1.165, 1.54) is 0 Å². The molecule has 1 heterocycles. The van der Waals surface area contributed by atoms with Gasteiger partial charge in [-0.2, -0.15) is 0 Å². The molecular formula is C10H19N3S2. The molecule has 15 heavy (non-hydrogen) atoms. The third-order valence-electron chi connectivity index (χ3n) is 1.79. The van der Waals surface area contributed by atoms with Crippen molar-refractivity contribution in [2.75, 3.05) is 13.1 Å². The van der Waals surface area contributed by atoms with Gasteiger partial charge in [0.25, 0.3) is 0 Å². The lowest BCUT2D eigenvalue weighted by Gasteiger charge is -2.11. The molecule has 1 rings (SSSR count). The predicted molar refractivity (Wildman–Crippen MR) is 67.7 cm³/mol. The van der Waals surface area contributed by atoms with Gasteiger partial charge in [0.05, 0.1) is 0 Å². The van der Waals surface area contributed by atoms with Gasteiger partial charge in [0, 0.05) is 11.8 Å². The fraction of sp³-hybridized carbons (Fsp3) is 0.800. The van der Waals surface area contributed by atoms with Crippen LogP contribution in [0.15, 0.2) is 4.34 Å². The van der Waals surface area contributed by atoms with E-state index in [0.717, 1.165) is 22.4 Å². The molecule has 0 aliphatic heterocycles. The predicted octanol–water partition coefficient (Wildman–Crippen LogP) is 2.57. The van der Waals surface area contributed by atoms with E-state index in [9.17, 15) is 0 Å². The Hall–Kier alpha value is -0.130. The maximum atomic E-state index is 4.10. The Morgan fingerprint density at radius 3 is 2.53 bits per heavy atom. The molecule has 1 N–H and O–H groups in total. The lowest BCUT2D eigenvalue weighted by molar-refractivity contribution is 0.554. The van der Waals surface area contributed by atoms with Gasteiger partial charge >= 0.3 is 0 Å². The summed E-state index contributed by atoms with van der Waals surface area (Å²) in [6, 6.07) is 0. The zero-order valence-electron chi connectivity index (χ0n) is 9.78. The van der Waals surface area contributed by atoms with Crippen LogP contribution in [-0.4, -0.2) is 28.5 Å². The van der Waals surface area contributed by atoms with Gasteiger partial charge in [0.1, 0.15) is 5.01 Å². The van der Waals surface area contributed by atoms with E-state index in [-0.39, 0.29) is 0 Å². The molecule has 0 aliphatic rings. The Morgan fingerprint density at radius 1 is 1.27 bits per heavy atom. The summed E-state index contributed by atoms with van der Waals surface area (Å²) in [5.41, 5.74) is 0. The Balaban J connectivity index is 2.21. The van der Waals surface area contributed by atoms with E-state index >= 15 is 0 Å². The summed E-state index contributed by atoms with van der Waals surface area (Å²) in [5.74, 6) is 0.714. The highest BCUT2D eigenvalue weighted by molar-refractivity contribution is 8.01. The highest BCUT2D eigenvalue weighted by Gasteiger charge is 2.08. The van der Waals surface area contributed by atoms with Gasteiger partial charge in [-0.05, 0) is 19.4 Å². The molecule has 1 aromatic heterocycles. The zero-order valence-corrected chi connectivity index (χ0v) is 11.4. The normalized spacial score (nSPS) is 13.4. The highest BCUT2D eigenvalue weighted by Crippen LogP contribution is 2.25. The van der Waals surface area contributed by atoms with Crippen molar-refractivity contribution in [3.05, 3.63) is 5.01 Å². The van der Waals surface area contributed by atoms with Crippen LogP contribution in [0, 0.1) is 12.8 Å². The van der Waals surface area contributed by atoms with Crippen molar-refractivity contribution in [1.82, 2.24) is 15.5 Å². The standard InChI is InChI=1S/C10H19N3S2/c1-7(2)5-11-6-8(3)14-10-13-12-9(4)15-10/h7-8,11H,5-6H2,1-4H3. The zero-order chi connectivity index (χ0) is 11.3. The smallest absolute Gasteiger partial charge is 0.174 e. The lowest BCUT2D eigenvalue weighted by atomic mass is 10.2. The molecular weight excluding hydrogens is 226 g/mol. The van der Waals surface area contributed by atoms with E-state index < -0.39 is 0 Å². The van der Waals surface area contributed by atoms with Crippen LogP contribution >= 0.6 is 23.1 Å². The van der Waals surface area contributed by atoms with Crippen LogP contribution in [0.25, 0.3) is 0 Å². The number of nitrogens with zero attached hydrogens (tertiary/aromatic N) is 2.